The molecule has 1 fully saturated rings. The van der Waals surface area contributed by atoms with Crippen molar-refractivity contribution < 1.29 is 14.3 Å². The summed E-state index contributed by atoms with van der Waals surface area (Å²) in [6.07, 6.45) is 1.55. The first-order chi connectivity index (χ1) is 12.6. The first-order valence-electron chi connectivity index (χ1n) is 8.89. The molecule has 0 radical (unpaired) electrons. The van der Waals surface area contributed by atoms with E-state index in [1.807, 2.05) is 30.3 Å². The van der Waals surface area contributed by atoms with Crippen molar-refractivity contribution in [1.82, 2.24) is 4.90 Å². The van der Waals surface area contributed by atoms with Crippen LogP contribution in [0.1, 0.15) is 29.3 Å². The zero-order chi connectivity index (χ0) is 18.7. The first kappa shape index (κ1) is 18.1. The molecule has 0 bridgehead atoms. The van der Waals surface area contributed by atoms with E-state index in [4.69, 9.17) is 10.5 Å². The van der Waals surface area contributed by atoms with Crippen LogP contribution >= 0.6 is 0 Å². The highest BCUT2D eigenvalue weighted by Crippen LogP contribution is 2.28. The van der Waals surface area contributed by atoms with E-state index >= 15 is 0 Å². The topological polar surface area (TPSA) is 72.6 Å². The molecular formula is C21H24N2O3. The lowest BCUT2D eigenvalue weighted by Crippen LogP contribution is -2.48. The van der Waals surface area contributed by atoms with Crippen molar-refractivity contribution in [3.05, 3.63) is 59.7 Å². The van der Waals surface area contributed by atoms with Gasteiger partial charge in [0.2, 0.25) is 0 Å². The number of benzene rings is 2. The van der Waals surface area contributed by atoms with Crippen molar-refractivity contribution in [2.75, 3.05) is 13.7 Å². The van der Waals surface area contributed by atoms with Crippen LogP contribution < -0.4 is 5.73 Å². The lowest BCUT2D eigenvalue weighted by atomic mass is 9.97. The molecule has 0 spiro atoms. The Morgan fingerprint density at radius 1 is 1.15 bits per heavy atom. The summed E-state index contributed by atoms with van der Waals surface area (Å²) in [7, 11) is 1.32. The number of hydrogen-bond acceptors (Lipinski definition) is 4. The maximum atomic E-state index is 13.2. The normalized spacial score (nSPS) is 19.4. The van der Waals surface area contributed by atoms with Crippen LogP contribution in [-0.4, -0.2) is 42.5 Å². The zero-order valence-electron chi connectivity index (χ0n) is 15.1. The highest BCUT2D eigenvalue weighted by molar-refractivity contribution is 6.02. The SMILES string of the molecule is CCc1ccc(-c2ccccc2C(=O)N2CC[C@@H](N)[C@H]2C(=O)OC)cc1. The molecule has 0 saturated carbocycles. The first-order valence-corrected chi connectivity index (χ1v) is 8.89. The van der Waals surface area contributed by atoms with E-state index < -0.39 is 18.1 Å². The van der Waals surface area contributed by atoms with Gasteiger partial charge in [0, 0.05) is 18.2 Å². The number of carbonyl (C=O) groups excluding carboxylic acids is 2. The predicted octanol–water partition coefficient (Wildman–Crippen LogP) is 2.63. The highest BCUT2D eigenvalue weighted by Gasteiger charge is 2.41. The minimum absolute atomic E-state index is 0.191. The van der Waals surface area contributed by atoms with Crippen LogP contribution in [0, 0.1) is 0 Å². The fourth-order valence-corrected chi connectivity index (χ4v) is 3.46. The van der Waals surface area contributed by atoms with Crippen molar-refractivity contribution in [2.24, 2.45) is 5.73 Å². The number of carbonyl (C=O) groups is 2. The molecule has 136 valence electrons. The Morgan fingerprint density at radius 3 is 2.50 bits per heavy atom. The van der Waals surface area contributed by atoms with E-state index in [1.54, 1.807) is 6.07 Å². The Kier molecular flexibility index (Phi) is 5.38. The number of methoxy groups -OCH3 is 1. The van der Waals surface area contributed by atoms with Crippen LogP contribution in [0.4, 0.5) is 0 Å². The van der Waals surface area contributed by atoms with E-state index in [0.29, 0.717) is 18.5 Å². The Morgan fingerprint density at radius 2 is 1.85 bits per heavy atom. The van der Waals surface area contributed by atoms with Crippen molar-refractivity contribution in [2.45, 2.75) is 31.8 Å². The Balaban J connectivity index is 1.96. The molecule has 0 aliphatic carbocycles. The van der Waals surface area contributed by atoms with Gasteiger partial charge in [-0.3, -0.25) is 4.79 Å². The van der Waals surface area contributed by atoms with Crippen LogP contribution in [0.3, 0.4) is 0 Å². The summed E-state index contributed by atoms with van der Waals surface area (Å²) in [5, 5.41) is 0. The van der Waals surface area contributed by atoms with Gasteiger partial charge in [0.25, 0.3) is 5.91 Å². The second-order valence-corrected chi connectivity index (χ2v) is 6.52. The minimum Gasteiger partial charge on any atom is -0.467 e. The number of hydrogen-bond donors (Lipinski definition) is 1. The summed E-state index contributed by atoms with van der Waals surface area (Å²) < 4.78 is 4.85. The van der Waals surface area contributed by atoms with E-state index in [-0.39, 0.29) is 5.91 Å². The number of nitrogens with two attached hydrogens (primary N) is 1. The number of aryl methyl sites for hydroxylation is 1. The van der Waals surface area contributed by atoms with Gasteiger partial charge in [-0.15, -0.1) is 0 Å². The van der Waals surface area contributed by atoms with Gasteiger partial charge in [0.05, 0.1) is 7.11 Å². The molecule has 1 aliphatic heterocycles. The molecule has 0 aromatic heterocycles. The van der Waals surface area contributed by atoms with Gasteiger partial charge < -0.3 is 15.4 Å². The smallest absolute Gasteiger partial charge is 0.330 e. The zero-order valence-corrected chi connectivity index (χ0v) is 15.1. The predicted molar refractivity (Wildman–Crippen MR) is 101 cm³/mol. The molecule has 5 nitrogen and oxygen atoms in total. The van der Waals surface area contributed by atoms with Crippen LogP contribution in [0.15, 0.2) is 48.5 Å². The second kappa shape index (κ2) is 7.70. The molecule has 5 heteroatoms. The number of nitrogens with zero attached hydrogens (tertiary/aromatic N) is 1. The number of ether oxygens (including phenoxy) is 1. The molecule has 2 atom stereocenters. The maximum Gasteiger partial charge on any atom is 0.330 e. The summed E-state index contributed by atoms with van der Waals surface area (Å²) >= 11 is 0. The minimum atomic E-state index is -0.733. The molecule has 0 unspecified atom stereocenters. The summed E-state index contributed by atoms with van der Waals surface area (Å²) in [4.78, 5) is 26.8. The van der Waals surface area contributed by atoms with Crippen LogP contribution in [-0.2, 0) is 16.0 Å². The number of rotatable bonds is 4. The number of likely N-dealkylation sites (tertiary alicyclic amines) is 1. The number of amides is 1. The Labute approximate surface area is 153 Å². The van der Waals surface area contributed by atoms with Crippen molar-refractivity contribution in [3.63, 3.8) is 0 Å². The second-order valence-electron chi connectivity index (χ2n) is 6.52. The van der Waals surface area contributed by atoms with Gasteiger partial charge in [-0.1, -0.05) is 49.4 Å². The van der Waals surface area contributed by atoms with Gasteiger partial charge >= 0.3 is 5.97 Å². The average Bonchev–Trinajstić information content (AvgIpc) is 3.08. The molecule has 26 heavy (non-hydrogen) atoms. The Bertz CT molecular complexity index is 801. The van der Waals surface area contributed by atoms with Gasteiger partial charge in [0.1, 0.15) is 6.04 Å². The Hall–Kier alpha value is -2.66. The molecule has 1 amide bonds. The van der Waals surface area contributed by atoms with Gasteiger partial charge in [0.15, 0.2) is 0 Å². The molecular weight excluding hydrogens is 328 g/mol. The lowest BCUT2D eigenvalue weighted by Gasteiger charge is -2.25. The molecule has 1 aliphatic rings. The third-order valence-corrected chi connectivity index (χ3v) is 4.98. The molecule has 1 heterocycles. The molecule has 2 aromatic rings. The van der Waals surface area contributed by atoms with E-state index in [0.717, 1.165) is 17.5 Å². The maximum absolute atomic E-state index is 13.2. The van der Waals surface area contributed by atoms with E-state index in [2.05, 4.69) is 19.1 Å². The van der Waals surface area contributed by atoms with Crippen LogP contribution in [0.25, 0.3) is 11.1 Å². The molecule has 2 aromatic carbocycles. The number of esters is 1. The average molecular weight is 352 g/mol. The van der Waals surface area contributed by atoms with Crippen LogP contribution in [0.2, 0.25) is 0 Å². The fourth-order valence-electron chi connectivity index (χ4n) is 3.46. The summed E-state index contributed by atoms with van der Waals surface area (Å²) in [5.41, 5.74) is 9.69. The molecule has 2 N–H and O–H groups in total. The highest BCUT2D eigenvalue weighted by atomic mass is 16.5. The monoisotopic (exact) mass is 352 g/mol. The lowest BCUT2D eigenvalue weighted by molar-refractivity contribution is -0.145. The van der Waals surface area contributed by atoms with Crippen molar-refractivity contribution in [1.29, 1.82) is 0 Å². The quantitative estimate of drug-likeness (QED) is 0.859. The summed E-state index contributed by atoms with van der Waals surface area (Å²) in [6, 6.07) is 14.5. The van der Waals surface area contributed by atoms with Gasteiger partial charge in [-0.25, -0.2) is 4.79 Å². The standard InChI is InChI=1S/C21H24N2O3/c1-3-14-8-10-15(11-9-14)16-6-4-5-7-17(16)20(24)23-13-12-18(22)19(23)21(25)26-2/h4-11,18-19H,3,12-13,22H2,1-2H3/t18-,19+/m1/s1. The third kappa shape index (κ3) is 3.35. The van der Waals surface area contributed by atoms with Crippen molar-refractivity contribution in [3.8, 4) is 11.1 Å². The summed E-state index contributed by atoms with van der Waals surface area (Å²) in [6.45, 7) is 2.55. The summed E-state index contributed by atoms with van der Waals surface area (Å²) in [5.74, 6) is -0.656. The fraction of sp³-hybridized carbons (Fsp3) is 0.333. The van der Waals surface area contributed by atoms with Gasteiger partial charge in [-0.05, 0) is 35.6 Å². The van der Waals surface area contributed by atoms with E-state index in [1.165, 1.54) is 17.6 Å². The molecule has 3 rings (SSSR count). The van der Waals surface area contributed by atoms with E-state index in [9.17, 15) is 9.59 Å². The largest absolute Gasteiger partial charge is 0.467 e. The van der Waals surface area contributed by atoms with Gasteiger partial charge in [-0.2, -0.15) is 0 Å². The van der Waals surface area contributed by atoms with Crippen molar-refractivity contribution >= 4 is 11.9 Å². The third-order valence-electron chi connectivity index (χ3n) is 4.98. The van der Waals surface area contributed by atoms with Crippen LogP contribution in [0.5, 0.6) is 0 Å². The molecule has 1 saturated heterocycles.